The zero-order valence-electron chi connectivity index (χ0n) is 9.71. The second kappa shape index (κ2) is 3.63. The molecule has 1 aromatic rings. The summed E-state index contributed by atoms with van der Waals surface area (Å²) in [5.74, 6) is -1.12. The van der Waals surface area contributed by atoms with E-state index < -0.39 is 21.5 Å². The molecule has 0 saturated carbocycles. The minimum atomic E-state index is -4.36. The van der Waals surface area contributed by atoms with Crippen LogP contribution in [0.1, 0.15) is 19.4 Å². The molecule has 6 nitrogen and oxygen atoms in total. The predicted molar refractivity (Wildman–Crippen MR) is 64.0 cm³/mol. The highest BCUT2D eigenvalue weighted by Crippen LogP contribution is 2.41. The first-order chi connectivity index (χ1) is 8.17. The molecule has 7 heteroatoms. The molecule has 18 heavy (non-hydrogen) atoms. The minimum absolute atomic E-state index is 0.266. The Kier molecular flexibility index (Phi) is 2.56. The molecule has 0 aromatic heterocycles. The summed E-state index contributed by atoms with van der Waals surface area (Å²) in [7, 11) is -4.36. The normalized spacial score (nSPS) is 22.5. The first-order valence-electron chi connectivity index (χ1n) is 5.08. The van der Waals surface area contributed by atoms with E-state index in [0.717, 1.165) is 6.07 Å². The minimum Gasteiger partial charge on any atom is -0.480 e. The molecule has 1 aliphatic heterocycles. The Morgan fingerprint density at radius 2 is 2.00 bits per heavy atom. The maximum Gasteiger partial charge on any atom is 0.319 e. The van der Waals surface area contributed by atoms with Crippen LogP contribution >= 0.6 is 0 Å². The van der Waals surface area contributed by atoms with Gasteiger partial charge in [-0.3, -0.25) is 14.3 Å². The third-order valence-electron chi connectivity index (χ3n) is 3.24. The average Bonchev–Trinajstić information content (AvgIpc) is 2.51. The lowest BCUT2D eigenvalue weighted by Gasteiger charge is -2.20. The molecule has 0 fully saturated rings. The topological polar surface area (TPSA) is 104 Å². The molecule has 2 rings (SSSR count). The second-order valence-corrected chi connectivity index (χ2v) is 5.70. The number of fused-ring (bicyclic) bond motifs is 1. The fourth-order valence-corrected chi connectivity index (χ4v) is 2.44. The summed E-state index contributed by atoms with van der Waals surface area (Å²) >= 11 is 0. The zero-order chi connectivity index (χ0) is 13.7. The molecule has 0 radical (unpaired) electrons. The van der Waals surface area contributed by atoms with Gasteiger partial charge < -0.3 is 5.11 Å². The van der Waals surface area contributed by atoms with E-state index in [0.29, 0.717) is 11.4 Å². The third kappa shape index (κ3) is 1.63. The van der Waals surface area contributed by atoms with Gasteiger partial charge in [-0.05, 0) is 32.0 Å². The second-order valence-electron chi connectivity index (χ2n) is 4.28. The van der Waals surface area contributed by atoms with Crippen molar-refractivity contribution < 1.29 is 22.9 Å². The fourth-order valence-electron chi connectivity index (χ4n) is 1.93. The Morgan fingerprint density at radius 1 is 1.39 bits per heavy atom. The first kappa shape index (κ1) is 12.7. The van der Waals surface area contributed by atoms with Crippen molar-refractivity contribution in [2.24, 2.45) is 4.99 Å². The van der Waals surface area contributed by atoms with E-state index in [-0.39, 0.29) is 10.5 Å². The number of aliphatic imine (C=N–C) groups is 1. The maximum absolute atomic E-state index is 11.4. The molecule has 0 spiro atoms. The van der Waals surface area contributed by atoms with Gasteiger partial charge in [0.05, 0.1) is 10.6 Å². The maximum atomic E-state index is 11.4. The van der Waals surface area contributed by atoms with Crippen molar-refractivity contribution in [2.45, 2.75) is 24.2 Å². The van der Waals surface area contributed by atoms with Crippen molar-refractivity contribution in [3.05, 3.63) is 23.8 Å². The van der Waals surface area contributed by atoms with Crippen LogP contribution in [0.5, 0.6) is 0 Å². The molecule has 0 aliphatic carbocycles. The number of hydrogen-bond acceptors (Lipinski definition) is 4. The van der Waals surface area contributed by atoms with E-state index in [9.17, 15) is 18.3 Å². The highest BCUT2D eigenvalue weighted by molar-refractivity contribution is 7.85. The Bertz CT molecular complexity index is 677. The van der Waals surface area contributed by atoms with Crippen molar-refractivity contribution in [1.82, 2.24) is 0 Å². The van der Waals surface area contributed by atoms with E-state index in [1.165, 1.54) is 19.1 Å². The summed E-state index contributed by atoms with van der Waals surface area (Å²) in [6, 6.07) is 3.73. The quantitative estimate of drug-likeness (QED) is 0.789. The SMILES string of the molecule is CC1=Nc2ccc(S(=O)(=O)O)cc2C1(C)C(=O)O. The Morgan fingerprint density at radius 3 is 2.50 bits per heavy atom. The largest absolute Gasteiger partial charge is 0.480 e. The van der Waals surface area contributed by atoms with E-state index in [4.69, 9.17) is 4.55 Å². The smallest absolute Gasteiger partial charge is 0.319 e. The van der Waals surface area contributed by atoms with Crippen LogP contribution < -0.4 is 0 Å². The molecule has 1 atom stereocenters. The summed E-state index contributed by atoms with van der Waals surface area (Å²) < 4.78 is 31.1. The molecule has 1 unspecified atom stereocenters. The molecular formula is C11H11NO5S. The molecule has 0 bridgehead atoms. The Labute approximate surface area is 104 Å². The molecular weight excluding hydrogens is 258 g/mol. The number of nitrogens with zero attached hydrogens (tertiary/aromatic N) is 1. The van der Waals surface area contributed by atoms with Gasteiger partial charge in [-0.2, -0.15) is 8.42 Å². The monoisotopic (exact) mass is 269 g/mol. The summed E-state index contributed by atoms with van der Waals surface area (Å²) in [4.78, 5) is 15.1. The van der Waals surface area contributed by atoms with Gasteiger partial charge >= 0.3 is 5.97 Å². The molecule has 0 amide bonds. The van der Waals surface area contributed by atoms with Crippen LogP contribution in [0, 0.1) is 0 Å². The highest BCUT2D eigenvalue weighted by atomic mass is 32.2. The number of carboxylic acids is 1. The lowest BCUT2D eigenvalue weighted by Crippen LogP contribution is -2.37. The Hall–Kier alpha value is -1.73. The predicted octanol–water partition coefficient (Wildman–Crippen LogP) is 1.38. The number of benzene rings is 1. The van der Waals surface area contributed by atoms with Gasteiger partial charge in [-0.15, -0.1) is 0 Å². The number of hydrogen-bond donors (Lipinski definition) is 2. The number of rotatable bonds is 2. The van der Waals surface area contributed by atoms with E-state index in [1.54, 1.807) is 6.92 Å². The van der Waals surface area contributed by atoms with Gasteiger partial charge in [-0.1, -0.05) is 0 Å². The summed E-state index contributed by atoms with van der Waals surface area (Å²) in [5.41, 5.74) is -0.319. The van der Waals surface area contributed by atoms with Crippen LogP contribution in [0.4, 0.5) is 5.69 Å². The van der Waals surface area contributed by atoms with Crippen LogP contribution in [0.15, 0.2) is 28.1 Å². The summed E-state index contributed by atoms with van der Waals surface area (Å²) in [5, 5.41) is 9.29. The van der Waals surface area contributed by atoms with Crippen molar-refractivity contribution >= 4 is 27.5 Å². The van der Waals surface area contributed by atoms with Gasteiger partial charge in [0.2, 0.25) is 0 Å². The van der Waals surface area contributed by atoms with Gasteiger partial charge in [0.25, 0.3) is 10.1 Å². The Balaban J connectivity index is 2.72. The van der Waals surface area contributed by atoms with Gasteiger partial charge in [0.1, 0.15) is 5.41 Å². The standard InChI is InChI=1S/C11H11NO5S/c1-6-11(2,10(13)14)8-5-7(18(15,16)17)3-4-9(8)12-6/h3-5H,1-2H3,(H,13,14)(H,15,16,17). The van der Waals surface area contributed by atoms with E-state index in [1.807, 2.05) is 0 Å². The molecule has 0 saturated heterocycles. The van der Waals surface area contributed by atoms with Crippen LogP contribution in [0.25, 0.3) is 0 Å². The molecule has 2 N–H and O–H groups in total. The van der Waals surface area contributed by atoms with Crippen molar-refractivity contribution in [1.29, 1.82) is 0 Å². The first-order valence-corrected chi connectivity index (χ1v) is 6.52. The molecule has 1 aliphatic rings. The summed E-state index contributed by atoms with van der Waals surface area (Å²) in [6.45, 7) is 3.02. The van der Waals surface area contributed by atoms with Crippen LogP contribution in [0.2, 0.25) is 0 Å². The van der Waals surface area contributed by atoms with Crippen LogP contribution in [0.3, 0.4) is 0 Å². The van der Waals surface area contributed by atoms with E-state index in [2.05, 4.69) is 4.99 Å². The number of carbonyl (C=O) groups is 1. The van der Waals surface area contributed by atoms with Crippen molar-refractivity contribution in [2.75, 3.05) is 0 Å². The highest BCUT2D eigenvalue weighted by Gasteiger charge is 2.44. The van der Waals surface area contributed by atoms with Gasteiger partial charge in [0, 0.05) is 11.3 Å². The van der Waals surface area contributed by atoms with Crippen molar-refractivity contribution in [3.8, 4) is 0 Å². The van der Waals surface area contributed by atoms with Gasteiger partial charge in [0.15, 0.2) is 0 Å². The number of aliphatic carboxylic acids is 1. The third-order valence-corrected chi connectivity index (χ3v) is 4.09. The average molecular weight is 269 g/mol. The van der Waals surface area contributed by atoms with Crippen LogP contribution in [-0.4, -0.2) is 29.8 Å². The molecule has 1 heterocycles. The molecule has 1 aromatic carbocycles. The summed E-state index contributed by atoms with van der Waals surface area (Å²) in [6.07, 6.45) is 0. The van der Waals surface area contributed by atoms with Gasteiger partial charge in [-0.25, -0.2) is 0 Å². The van der Waals surface area contributed by atoms with Crippen molar-refractivity contribution in [3.63, 3.8) is 0 Å². The fraction of sp³-hybridized carbons (Fsp3) is 0.273. The lowest BCUT2D eigenvalue weighted by molar-refractivity contribution is -0.140. The van der Waals surface area contributed by atoms with Crippen LogP contribution in [-0.2, 0) is 20.3 Å². The lowest BCUT2D eigenvalue weighted by atomic mass is 9.80. The van der Waals surface area contributed by atoms with E-state index >= 15 is 0 Å². The zero-order valence-corrected chi connectivity index (χ0v) is 10.5. The molecule has 96 valence electrons. The number of carboxylic acid groups (broad SMARTS) is 1.